The summed E-state index contributed by atoms with van der Waals surface area (Å²) < 4.78 is 1.33. The number of hydrogen-bond donors (Lipinski definition) is 2. The van der Waals surface area contributed by atoms with Gasteiger partial charge in [-0.15, -0.1) is 0 Å². The highest BCUT2D eigenvalue weighted by Gasteiger charge is 2.13. The first-order valence-corrected chi connectivity index (χ1v) is 6.54. The van der Waals surface area contributed by atoms with Crippen LogP contribution in [0.25, 0.3) is 5.65 Å². The molecule has 21 heavy (non-hydrogen) atoms. The molecule has 0 radical (unpaired) electrons. The van der Waals surface area contributed by atoms with E-state index in [1.807, 2.05) is 36.2 Å². The molecule has 2 heterocycles. The quantitative estimate of drug-likeness (QED) is 0.696. The van der Waals surface area contributed by atoms with Gasteiger partial charge < -0.3 is 10.6 Å². The fourth-order valence-electron chi connectivity index (χ4n) is 2.08. The van der Waals surface area contributed by atoms with Crippen molar-refractivity contribution in [1.29, 1.82) is 0 Å². The molecule has 0 saturated carbocycles. The van der Waals surface area contributed by atoms with E-state index in [0.717, 1.165) is 11.3 Å². The molecule has 3 rings (SSSR count). The molecule has 2 aromatic heterocycles. The summed E-state index contributed by atoms with van der Waals surface area (Å²) >= 11 is 5.07. The van der Waals surface area contributed by atoms with Crippen molar-refractivity contribution in [3.05, 3.63) is 52.7 Å². The molecule has 106 valence electrons. The molecule has 0 aliphatic carbocycles. The second kappa shape index (κ2) is 4.98. The van der Waals surface area contributed by atoms with E-state index in [1.54, 1.807) is 6.07 Å². The Kier molecular flexibility index (Phi) is 3.15. The molecule has 0 saturated heterocycles. The number of aromatic amines is 1. The first-order valence-electron chi connectivity index (χ1n) is 6.13. The first-order chi connectivity index (χ1) is 10.1. The number of para-hydroxylation sites is 1. The summed E-state index contributed by atoms with van der Waals surface area (Å²) in [5.41, 5.74) is 7.51. The Morgan fingerprint density at radius 1 is 1.43 bits per heavy atom. The lowest BCUT2D eigenvalue weighted by atomic mass is 10.1. The van der Waals surface area contributed by atoms with Gasteiger partial charge >= 0.3 is 5.69 Å². The minimum Gasteiger partial charge on any atom is -0.389 e. The third-order valence-corrected chi connectivity index (χ3v) is 3.39. The standard InChI is InChI=1S/C13H12N6OS/c1-18(9-5-3-2-4-8(9)12(14)21)10-6-11-16-17-13(20)19(11)7-15-10/h2-7H,1H3,(H2,14,21)(H,17,20). The first kappa shape index (κ1) is 13.3. The van der Waals surface area contributed by atoms with Crippen molar-refractivity contribution in [2.75, 3.05) is 11.9 Å². The summed E-state index contributed by atoms with van der Waals surface area (Å²) in [7, 11) is 1.85. The predicted octanol–water partition coefficient (Wildman–Crippen LogP) is 0.820. The average molecular weight is 300 g/mol. The summed E-state index contributed by atoms with van der Waals surface area (Å²) in [5, 5.41) is 6.29. The summed E-state index contributed by atoms with van der Waals surface area (Å²) in [5.74, 6) is 0.630. The van der Waals surface area contributed by atoms with Crippen molar-refractivity contribution >= 4 is 34.4 Å². The molecule has 0 spiro atoms. The van der Waals surface area contributed by atoms with Crippen molar-refractivity contribution in [3.63, 3.8) is 0 Å². The fourth-order valence-corrected chi connectivity index (χ4v) is 2.25. The van der Waals surface area contributed by atoms with E-state index >= 15 is 0 Å². The Balaban J connectivity index is 2.10. The van der Waals surface area contributed by atoms with E-state index in [1.165, 1.54) is 10.7 Å². The zero-order chi connectivity index (χ0) is 15.0. The number of aromatic nitrogens is 4. The van der Waals surface area contributed by atoms with Crippen molar-refractivity contribution in [3.8, 4) is 0 Å². The highest BCUT2D eigenvalue weighted by atomic mass is 32.1. The maximum absolute atomic E-state index is 11.4. The number of rotatable bonds is 3. The summed E-state index contributed by atoms with van der Waals surface area (Å²) in [4.78, 5) is 17.8. The molecule has 0 bridgehead atoms. The molecule has 1 aromatic carbocycles. The van der Waals surface area contributed by atoms with E-state index in [2.05, 4.69) is 15.2 Å². The minimum atomic E-state index is -0.324. The molecule has 0 amide bonds. The van der Waals surface area contributed by atoms with Gasteiger partial charge in [-0.05, 0) is 12.1 Å². The normalized spacial score (nSPS) is 10.7. The summed E-state index contributed by atoms with van der Waals surface area (Å²) in [6.45, 7) is 0. The Morgan fingerprint density at radius 3 is 2.95 bits per heavy atom. The zero-order valence-corrected chi connectivity index (χ0v) is 12.0. The molecule has 3 aromatic rings. The van der Waals surface area contributed by atoms with E-state index in [-0.39, 0.29) is 5.69 Å². The highest BCUT2D eigenvalue weighted by molar-refractivity contribution is 7.80. The van der Waals surface area contributed by atoms with E-state index in [9.17, 15) is 4.79 Å². The number of nitrogens with one attached hydrogen (secondary N) is 1. The van der Waals surface area contributed by atoms with Crippen molar-refractivity contribution in [1.82, 2.24) is 19.6 Å². The summed E-state index contributed by atoms with van der Waals surface area (Å²) in [6.07, 6.45) is 1.43. The molecule has 0 aliphatic heterocycles. The van der Waals surface area contributed by atoms with Crippen molar-refractivity contribution in [2.24, 2.45) is 5.73 Å². The highest BCUT2D eigenvalue weighted by Crippen LogP contribution is 2.25. The smallest absolute Gasteiger partial charge is 0.348 e. The van der Waals surface area contributed by atoms with Gasteiger partial charge in [-0.3, -0.25) is 0 Å². The Hall–Kier alpha value is -2.74. The Morgan fingerprint density at radius 2 is 2.19 bits per heavy atom. The SMILES string of the molecule is CN(c1cc2n[nH]c(=O)n2cn1)c1ccccc1C(N)=S. The van der Waals surface area contributed by atoms with Gasteiger partial charge in [0.05, 0.1) is 5.69 Å². The number of thiocarbonyl (C=S) groups is 1. The molecular weight excluding hydrogens is 288 g/mol. The Labute approximate surface area is 125 Å². The van der Waals surface area contributed by atoms with Crippen molar-refractivity contribution < 1.29 is 0 Å². The monoisotopic (exact) mass is 300 g/mol. The molecule has 0 fully saturated rings. The van der Waals surface area contributed by atoms with Crippen LogP contribution in [0.15, 0.2) is 41.5 Å². The molecule has 0 unspecified atom stereocenters. The second-order valence-corrected chi connectivity index (χ2v) is 4.88. The molecule has 3 N–H and O–H groups in total. The van der Waals surface area contributed by atoms with Crippen LogP contribution in [0.2, 0.25) is 0 Å². The zero-order valence-electron chi connectivity index (χ0n) is 11.1. The van der Waals surface area contributed by atoms with Gasteiger partial charge in [-0.25, -0.2) is 19.3 Å². The van der Waals surface area contributed by atoms with E-state index in [4.69, 9.17) is 18.0 Å². The largest absolute Gasteiger partial charge is 0.389 e. The van der Waals surface area contributed by atoms with Crippen LogP contribution in [-0.2, 0) is 0 Å². The lowest BCUT2D eigenvalue weighted by Gasteiger charge is -2.21. The number of hydrogen-bond acceptors (Lipinski definition) is 5. The molecular formula is C13H12N6OS. The fraction of sp³-hybridized carbons (Fsp3) is 0.0769. The maximum Gasteiger partial charge on any atom is 0.348 e. The second-order valence-electron chi connectivity index (χ2n) is 4.44. The van der Waals surface area contributed by atoms with Gasteiger partial charge in [-0.1, -0.05) is 24.4 Å². The van der Waals surface area contributed by atoms with E-state index in [0.29, 0.717) is 16.5 Å². The topological polar surface area (TPSA) is 92.3 Å². The van der Waals surface area contributed by atoms with Gasteiger partial charge in [0.1, 0.15) is 17.1 Å². The van der Waals surface area contributed by atoms with E-state index < -0.39 is 0 Å². The Bertz CT molecular complexity index is 883. The van der Waals surface area contributed by atoms with Crippen LogP contribution >= 0.6 is 12.2 Å². The number of nitrogens with two attached hydrogens (primary N) is 1. The lowest BCUT2D eigenvalue weighted by Crippen LogP contribution is -2.19. The predicted molar refractivity (Wildman–Crippen MR) is 84.0 cm³/mol. The number of benzene rings is 1. The summed E-state index contributed by atoms with van der Waals surface area (Å²) in [6, 6.07) is 9.22. The minimum absolute atomic E-state index is 0.314. The van der Waals surface area contributed by atoms with Crippen LogP contribution in [0.1, 0.15) is 5.56 Å². The van der Waals surface area contributed by atoms with Crippen LogP contribution in [0.4, 0.5) is 11.5 Å². The van der Waals surface area contributed by atoms with Crippen LogP contribution in [0.3, 0.4) is 0 Å². The van der Waals surface area contributed by atoms with Crippen LogP contribution in [0.5, 0.6) is 0 Å². The lowest BCUT2D eigenvalue weighted by molar-refractivity contribution is 0.986. The van der Waals surface area contributed by atoms with Gasteiger partial charge in [0, 0.05) is 18.7 Å². The molecule has 0 aliphatic rings. The number of fused-ring (bicyclic) bond motifs is 1. The number of nitrogens with zero attached hydrogens (tertiary/aromatic N) is 4. The van der Waals surface area contributed by atoms with Gasteiger partial charge in [0.15, 0.2) is 5.65 Å². The number of anilines is 2. The molecule has 0 atom stereocenters. The number of H-pyrrole nitrogens is 1. The molecule has 8 heteroatoms. The van der Waals surface area contributed by atoms with Gasteiger partial charge in [0.25, 0.3) is 0 Å². The van der Waals surface area contributed by atoms with Crippen LogP contribution < -0.4 is 16.3 Å². The van der Waals surface area contributed by atoms with Gasteiger partial charge in [0.2, 0.25) is 0 Å². The molecule has 7 nitrogen and oxygen atoms in total. The van der Waals surface area contributed by atoms with Crippen LogP contribution in [0, 0.1) is 0 Å². The maximum atomic E-state index is 11.4. The van der Waals surface area contributed by atoms with Crippen LogP contribution in [-0.4, -0.2) is 31.6 Å². The van der Waals surface area contributed by atoms with Gasteiger partial charge in [-0.2, -0.15) is 5.10 Å². The third kappa shape index (κ3) is 2.25. The average Bonchev–Trinajstić information content (AvgIpc) is 2.87. The third-order valence-electron chi connectivity index (χ3n) is 3.17. The van der Waals surface area contributed by atoms with Crippen molar-refractivity contribution in [2.45, 2.75) is 0 Å².